The van der Waals surface area contributed by atoms with E-state index in [0.717, 1.165) is 18.5 Å². The van der Waals surface area contributed by atoms with Crippen LogP contribution in [-0.2, 0) is 9.59 Å². The van der Waals surface area contributed by atoms with Crippen molar-refractivity contribution in [3.63, 3.8) is 0 Å². The topological polar surface area (TPSA) is 66.4 Å². The Kier molecular flexibility index (Phi) is 3.54. The summed E-state index contributed by atoms with van der Waals surface area (Å²) >= 11 is 0. The van der Waals surface area contributed by atoms with Crippen molar-refractivity contribution in [3.8, 4) is 0 Å². The number of carbonyl (C=O) groups is 2. The largest absolute Gasteiger partial charge is 0.340 e. The van der Waals surface area contributed by atoms with Crippen LogP contribution in [0.2, 0.25) is 0 Å². The molecule has 0 N–H and O–H groups in total. The second-order valence-electron chi connectivity index (χ2n) is 7.19. The molecule has 1 spiro atoms. The van der Waals surface area contributed by atoms with Gasteiger partial charge in [-0.1, -0.05) is 0 Å². The molecule has 3 fully saturated rings. The van der Waals surface area contributed by atoms with Crippen LogP contribution in [0.5, 0.6) is 0 Å². The third-order valence-corrected chi connectivity index (χ3v) is 5.91. The van der Waals surface area contributed by atoms with Gasteiger partial charge in [0.05, 0.1) is 23.5 Å². The lowest BCUT2D eigenvalue weighted by molar-refractivity contribution is -0.153. The van der Waals surface area contributed by atoms with Crippen molar-refractivity contribution in [1.82, 2.24) is 14.9 Å². The summed E-state index contributed by atoms with van der Waals surface area (Å²) in [7, 11) is 0. The van der Waals surface area contributed by atoms with Gasteiger partial charge >= 0.3 is 0 Å². The number of hydrogen-bond acceptors (Lipinski definition) is 4. The van der Waals surface area contributed by atoms with Crippen molar-refractivity contribution >= 4 is 17.5 Å². The third kappa shape index (κ3) is 2.29. The van der Waals surface area contributed by atoms with Gasteiger partial charge in [0.1, 0.15) is 6.33 Å². The Morgan fingerprint density at radius 2 is 1.67 bits per heavy atom. The van der Waals surface area contributed by atoms with E-state index in [1.54, 1.807) is 22.2 Å². The molecule has 2 amide bonds. The quantitative estimate of drug-likeness (QED) is 0.827. The number of likely N-dealkylation sites (tertiary alicyclic amines) is 1. The molecule has 24 heavy (non-hydrogen) atoms. The van der Waals surface area contributed by atoms with E-state index in [2.05, 4.69) is 9.97 Å². The lowest BCUT2D eigenvalue weighted by Crippen LogP contribution is -2.54. The molecule has 128 valence electrons. The van der Waals surface area contributed by atoms with Crippen LogP contribution < -0.4 is 4.90 Å². The number of alkyl halides is 1. The van der Waals surface area contributed by atoms with Crippen molar-refractivity contribution in [2.24, 2.45) is 5.41 Å². The van der Waals surface area contributed by atoms with E-state index in [1.165, 1.54) is 6.33 Å². The fourth-order valence-electron chi connectivity index (χ4n) is 4.08. The summed E-state index contributed by atoms with van der Waals surface area (Å²) in [6.07, 6.45) is 8.18. The molecule has 0 aromatic carbocycles. The summed E-state index contributed by atoms with van der Waals surface area (Å²) in [4.78, 5) is 36.5. The van der Waals surface area contributed by atoms with Crippen molar-refractivity contribution in [2.45, 2.75) is 44.2 Å². The summed E-state index contributed by atoms with van der Waals surface area (Å²) in [5.74, 6) is -0.287. The average Bonchev–Trinajstić information content (AvgIpc) is 2.90. The van der Waals surface area contributed by atoms with Crippen LogP contribution in [0.1, 0.15) is 38.5 Å². The molecular weight excluding hydrogens is 311 g/mol. The van der Waals surface area contributed by atoms with Crippen LogP contribution in [-0.4, -0.2) is 52.0 Å². The molecule has 3 heterocycles. The van der Waals surface area contributed by atoms with Crippen LogP contribution in [0, 0.1) is 5.41 Å². The molecule has 1 aromatic heterocycles. The number of rotatable bonds is 2. The average molecular weight is 332 g/mol. The van der Waals surface area contributed by atoms with Gasteiger partial charge in [0.2, 0.25) is 5.91 Å². The van der Waals surface area contributed by atoms with Crippen molar-refractivity contribution < 1.29 is 14.0 Å². The summed E-state index contributed by atoms with van der Waals surface area (Å²) < 4.78 is 14.3. The molecular formula is C17H21FN4O2. The Balaban J connectivity index is 1.43. The van der Waals surface area contributed by atoms with Gasteiger partial charge in [0, 0.05) is 19.6 Å². The maximum atomic E-state index is 14.3. The first-order chi connectivity index (χ1) is 11.5. The van der Waals surface area contributed by atoms with E-state index in [9.17, 15) is 14.0 Å². The highest BCUT2D eigenvalue weighted by atomic mass is 19.1. The van der Waals surface area contributed by atoms with Gasteiger partial charge in [-0.3, -0.25) is 9.59 Å². The Labute approximate surface area is 140 Å². The highest BCUT2D eigenvalue weighted by molar-refractivity contribution is 6.00. The highest BCUT2D eigenvalue weighted by Gasteiger charge is 2.52. The van der Waals surface area contributed by atoms with Crippen LogP contribution in [0.15, 0.2) is 18.7 Å². The summed E-state index contributed by atoms with van der Waals surface area (Å²) in [6, 6.07) is 0. The maximum absolute atomic E-state index is 14.3. The van der Waals surface area contributed by atoms with Crippen molar-refractivity contribution in [1.29, 1.82) is 0 Å². The van der Waals surface area contributed by atoms with Gasteiger partial charge < -0.3 is 9.80 Å². The second kappa shape index (κ2) is 5.50. The predicted octanol–water partition coefficient (Wildman–Crippen LogP) is 1.71. The maximum Gasteiger partial charge on any atom is 0.260 e. The molecule has 0 radical (unpaired) electrons. The number of aromatic nitrogens is 2. The minimum Gasteiger partial charge on any atom is -0.340 e. The first kappa shape index (κ1) is 15.5. The van der Waals surface area contributed by atoms with Crippen LogP contribution >= 0.6 is 0 Å². The van der Waals surface area contributed by atoms with E-state index in [-0.39, 0.29) is 11.8 Å². The van der Waals surface area contributed by atoms with Gasteiger partial charge in [0.25, 0.3) is 5.91 Å². The molecule has 0 bridgehead atoms. The molecule has 2 aliphatic heterocycles. The smallest absolute Gasteiger partial charge is 0.260 e. The molecule has 6 nitrogen and oxygen atoms in total. The number of halogens is 1. The van der Waals surface area contributed by atoms with E-state index < -0.39 is 11.1 Å². The van der Waals surface area contributed by atoms with Gasteiger partial charge in [0.15, 0.2) is 5.67 Å². The number of hydrogen-bond donors (Lipinski definition) is 0. The summed E-state index contributed by atoms with van der Waals surface area (Å²) in [5.41, 5.74) is -1.34. The zero-order chi connectivity index (χ0) is 16.8. The van der Waals surface area contributed by atoms with Gasteiger partial charge in [-0.2, -0.15) is 0 Å². The zero-order valence-corrected chi connectivity index (χ0v) is 13.6. The third-order valence-electron chi connectivity index (χ3n) is 5.91. The highest BCUT2D eigenvalue weighted by Crippen LogP contribution is 2.44. The minimum absolute atomic E-state index is 0.0861. The molecule has 4 rings (SSSR count). The lowest BCUT2D eigenvalue weighted by Gasteiger charge is -2.42. The number of nitrogens with zero attached hydrogens (tertiary/aromatic N) is 4. The number of amides is 2. The predicted molar refractivity (Wildman–Crippen MR) is 84.9 cm³/mol. The van der Waals surface area contributed by atoms with Gasteiger partial charge in [-0.05, 0) is 38.5 Å². The fourth-order valence-corrected chi connectivity index (χ4v) is 4.08. The molecule has 0 atom stereocenters. The van der Waals surface area contributed by atoms with E-state index in [4.69, 9.17) is 0 Å². The summed E-state index contributed by atoms with van der Waals surface area (Å²) in [5, 5.41) is 0. The molecule has 1 aromatic rings. The lowest BCUT2D eigenvalue weighted by atomic mass is 9.75. The van der Waals surface area contributed by atoms with Gasteiger partial charge in [-0.25, -0.2) is 14.4 Å². The first-order valence-corrected chi connectivity index (χ1v) is 8.59. The molecule has 7 heteroatoms. The Morgan fingerprint density at radius 3 is 2.25 bits per heavy atom. The first-order valence-electron chi connectivity index (χ1n) is 8.59. The van der Waals surface area contributed by atoms with Crippen molar-refractivity contribution in [3.05, 3.63) is 18.7 Å². The number of piperidine rings is 1. The fraction of sp³-hybridized carbons (Fsp3) is 0.647. The Bertz CT molecular complexity index is 654. The van der Waals surface area contributed by atoms with Crippen molar-refractivity contribution in [2.75, 3.05) is 24.5 Å². The zero-order valence-electron chi connectivity index (χ0n) is 13.6. The molecule has 3 aliphatic rings. The molecule has 1 aliphatic carbocycles. The molecule has 2 saturated heterocycles. The van der Waals surface area contributed by atoms with E-state index in [0.29, 0.717) is 45.3 Å². The Morgan fingerprint density at radius 1 is 1.04 bits per heavy atom. The van der Waals surface area contributed by atoms with E-state index in [1.807, 2.05) is 0 Å². The van der Waals surface area contributed by atoms with Crippen LogP contribution in [0.3, 0.4) is 0 Å². The van der Waals surface area contributed by atoms with E-state index >= 15 is 0 Å². The van der Waals surface area contributed by atoms with Crippen LogP contribution in [0.25, 0.3) is 0 Å². The molecule has 0 unspecified atom stereocenters. The second-order valence-corrected chi connectivity index (χ2v) is 7.19. The number of carbonyl (C=O) groups excluding carboxylic acids is 2. The standard InChI is InChI=1S/C17H21FN4O2/c18-17(2-1-3-17)15(24)21-7-4-16(5-8-21)6-9-22(14(16)23)13-10-19-12-20-11-13/h10-12H,1-9H2. The monoisotopic (exact) mass is 332 g/mol. The normalized spacial score (nSPS) is 25.0. The summed E-state index contributed by atoms with van der Waals surface area (Å²) in [6.45, 7) is 1.58. The number of anilines is 1. The molecule has 1 saturated carbocycles. The van der Waals surface area contributed by atoms with Gasteiger partial charge in [-0.15, -0.1) is 0 Å². The minimum atomic E-state index is -1.64. The Hall–Kier alpha value is -2.05. The SMILES string of the molecule is O=C(N1CCC2(CC1)CCN(c1cncnc1)C2=O)C1(F)CCC1. The van der Waals surface area contributed by atoms with Crippen LogP contribution in [0.4, 0.5) is 10.1 Å².